The van der Waals surface area contributed by atoms with Crippen molar-refractivity contribution in [3.63, 3.8) is 0 Å². The second-order valence-corrected chi connectivity index (χ2v) is 5.56. The van der Waals surface area contributed by atoms with Gasteiger partial charge in [-0.2, -0.15) is 0 Å². The monoisotopic (exact) mass is 277 g/mol. The van der Waals surface area contributed by atoms with E-state index in [-0.39, 0.29) is 0 Å². The van der Waals surface area contributed by atoms with Gasteiger partial charge < -0.3 is 16.4 Å². The molecule has 0 radical (unpaired) electrons. The lowest BCUT2D eigenvalue weighted by atomic mass is 9.96. The van der Waals surface area contributed by atoms with Crippen molar-refractivity contribution < 1.29 is 4.79 Å². The molecule has 0 aliphatic carbocycles. The van der Waals surface area contributed by atoms with Gasteiger partial charge in [-0.05, 0) is 38.3 Å². The topological polar surface area (TPSA) is 72.3 Å². The highest BCUT2D eigenvalue weighted by atomic mass is 16.1. The molecule has 0 spiro atoms. The lowest BCUT2D eigenvalue weighted by molar-refractivity contribution is -0.122. The SMILES string of the molecule is CCCCN(CCCC(C)(N)C(N)=O)c1ccccc1. The molecule has 20 heavy (non-hydrogen) atoms. The molecule has 0 saturated carbocycles. The van der Waals surface area contributed by atoms with E-state index < -0.39 is 11.4 Å². The van der Waals surface area contributed by atoms with E-state index in [2.05, 4.69) is 24.0 Å². The third-order valence-corrected chi connectivity index (χ3v) is 3.59. The minimum atomic E-state index is -0.910. The number of hydrogen-bond donors (Lipinski definition) is 2. The Hall–Kier alpha value is -1.55. The summed E-state index contributed by atoms with van der Waals surface area (Å²) in [6, 6.07) is 10.3. The number of hydrogen-bond acceptors (Lipinski definition) is 3. The first-order valence-electron chi connectivity index (χ1n) is 7.36. The number of para-hydroxylation sites is 1. The van der Waals surface area contributed by atoms with Gasteiger partial charge in [0.05, 0.1) is 5.54 Å². The van der Waals surface area contributed by atoms with E-state index in [0.717, 1.165) is 25.9 Å². The Morgan fingerprint density at radius 1 is 1.20 bits per heavy atom. The number of amides is 1. The van der Waals surface area contributed by atoms with Crippen molar-refractivity contribution >= 4 is 11.6 Å². The third-order valence-electron chi connectivity index (χ3n) is 3.59. The molecule has 4 N–H and O–H groups in total. The molecule has 4 heteroatoms. The first-order chi connectivity index (χ1) is 9.47. The Bertz CT molecular complexity index is 403. The van der Waals surface area contributed by atoms with Gasteiger partial charge in [0, 0.05) is 18.8 Å². The first kappa shape index (κ1) is 16.5. The summed E-state index contributed by atoms with van der Waals surface area (Å²) in [6.45, 7) is 5.81. The van der Waals surface area contributed by atoms with Crippen molar-refractivity contribution in [1.82, 2.24) is 0 Å². The van der Waals surface area contributed by atoms with Gasteiger partial charge in [-0.3, -0.25) is 4.79 Å². The maximum atomic E-state index is 11.2. The predicted octanol–water partition coefficient (Wildman–Crippen LogP) is 2.28. The second kappa shape index (κ2) is 7.90. The number of nitrogens with two attached hydrogens (primary N) is 2. The molecule has 0 saturated heterocycles. The smallest absolute Gasteiger partial charge is 0.237 e. The van der Waals surface area contributed by atoms with Gasteiger partial charge >= 0.3 is 0 Å². The maximum absolute atomic E-state index is 11.2. The summed E-state index contributed by atoms with van der Waals surface area (Å²) in [7, 11) is 0. The van der Waals surface area contributed by atoms with Crippen molar-refractivity contribution in [3.05, 3.63) is 30.3 Å². The van der Waals surface area contributed by atoms with Crippen LogP contribution in [0.4, 0.5) is 5.69 Å². The van der Waals surface area contributed by atoms with Crippen LogP contribution >= 0.6 is 0 Å². The quantitative estimate of drug-likeness (QED) is 0.727. The molecule has 0 aromatic heterocycles. The summed E-state index contributed by atoms with van der Waals surface area (Å²) >= 11 is 0. The summed E-state index contributed by atoms with van der Waals surface area (Å²) in [5.41, 5.74) is 11.5. The number of anilines is 1. The van der Waals surface area contributed by atoms with Gasteiger partial charge in [-0.1, -0.05) is 31.5 Å². The molecular formula is C16H27N3O. The lowest BCUT2D eigenvalue weighted by Crippen LogP contribution is -2.49. The summed E-state index contributed by atoms with van der Waals surface area (Å²) in [5.74, 6) is -0.433. The van der Waals surface area contributed by atoms with Gasteiger partial charge in [0.1, 0.15) is 0 Å². The molecule has 1 amide bonds. The van der Waals surface area contributed by atoms with Crippen LogP contribution < -0.4 is 16.4 Å². The van der Waals surface area contributed by atoms with Crippen molar-refractivity contribution in [1.29, 1.82) is 0 Å². The van der Waals surface area contributed by atoms with Crippen molar-refractivity contribution in [3.8, 4) is 0 Å². The van der Waals surface area contributed by atoms with Crippen LogP contribution in [0.1, 0.15) is 39.5 Å². The van der Waals surface area contributed by atoms with E-state index in [1.54, 1.807) is 6.92 Å². The Morgan fingerprint density at radius 2 is 1.80 bits per heavy atom. The summed E-state index contributed by atoms with van der Waals surface area (Å²) in [6.07, 6.45) is 3.79. The highest BCUT2D eigenvalue weighted by Gasteiger charge is 2.25. The number of primary amides is 1. The van der Waals surface area contributed by atoms with Crippen molar-refractivity contribution in [2.75, 3.05) is 18.0 Å². The molecule has 1 atom stereocenters. The molecule has 1 aromatic rings. The van der Waals surface area contributed by atoms with Crippen LogP contribution in [0.5, 0.6) is 0 Å². The van der Waals surface area contributed by atoms with Gasteiger partial charge in [0.15, 0.2) is 0 Å². The average molecular weight is 277 g/mol. The largest absolute Gasteiger partial charge is 0.372 e. The Kier molecular flexibility index (Phi) is 6.52. The molecule has 1 aromatic carbocycles. The van der Waals surface area contributed by atoms with Gasteiger partial charge in [0.2, 0.25) is 5.91 Å². The number of rotatable bonds is 9. The average Bonchev–Trinajstić information content (AvgIpc) is 2.43. The zero-order valence-corrected chi connectivity index (χ0v) is 12.6. The summed E-state index contributed by atoms with van der Waals surface area (Å²) in [4.78, 5) is 13.6. The summed E-state index contributed by atoms with van der Waals surface area (Å²) in [5, 5.41) is 0. The number of unbranched alkanes of at least 4 members (excludes halogenated alkanes) is 1. The van der Waals surface area contributed by atoms with Crippen LogP contribution in [0, 0.1) is 0 Å². The van der Waals surface area contributed by atoms with Gasteiger partial charge in [-0.25, -0.2) is 0 Å². The van der Waals surface area contributed by atoms with E-state index in [1.807, 2.05) is 18.2 Å². The standard InChI is InChI=1S/C16H27N3O/c1-3-4-12-19(14-9-6-5-7-10-14)13-8-11-16(2,18)15(17)20/h5-7,9-10H,3-4,8,11-13,18H2,1-2H3,(H2,17,20). The Morgan fingerprint density at radius 3 is 2.35 bits per heavy atom. The molecule has 0 fully saturated rings. The number of benzene rings is 1. The Labute approximate surface area is 122 Å². The molecule has 4 nitrogen and oxygen atoms in total. The van der Waals surface area contributed by atoms with E-state index in [0.29, 0.717) is 6.42 Å². The molecule has 0 aliphatic rings. The highest BCUT2D eigenvalue weighted by Crippen LogP contribution is 2.16. The minimum Gasteiger partial charge on any atom is -0.372 e. The van der Waals surface area contributed by atoms with Crippen molar-refractivity contribution in [2.24, 2.45) is 11.5 Å². The zero-order valence-electron chi connectivity index (χ0n) is 12.6. The molecule has 112 valence electrons. The normalized spacial score (nSPS) is 13.8. The van der Waals surface area contributed by atoms with Crippen LogP contribution in [0.3, 0.4) is 0 Å². The highest BCUT2D eigenvalue weighted by molar-refractivity contribution is 5.83. The molecular weight excluding hydrogens is 250 g/mol. The van der Waals surface area contributed by atoms with E-state index in [4.69, 9.17) is 11.5 Å². The van der Waals surface area contributed by atoms with Crippen LogP contribution in [-0.4, -0.2) is 24.5 Å². The fourth-order valence-corrected chi connectivity index (χ4v) is 2.12. The Balaban J connectivity index is 2.56. The van der Waals surface area contributed by atoms with Crippen LogP contribution in [0.25, 0.3) is 0 Å². The lowest BCUT2D eigenvalue weighted by Gasteiger charge is -2.27. The molecule has 0 aliphatic heterocycles. The summed E-state index contributed by atoms with van der Waals surface area (Å²) < 4.78 is 0. The first-order valence-corrected chi connectivity index (χ1v) is 7.36. The minimum absolute atomic E-state index is 0.433. The molecule has 1 rings (SSSR count). The fraction of sp³-hybridized carbons (Fsp3) is 0.562. The fourth-order valence-electron chi connectivity index (χ4n) is 2.12. The predicted molar refractivity (Wildman–Crippen MR) is 84.6 cm³/mol. The number of carbonyl (C=O) groups excluding carboxylic acids is 1. The van der Waals surface area contributed by atoms with Crippen LogP contribution in [0.2, 0.25) is 0 Å². The molecule has 1 unspecified atom stereocenters. The second-order valence-electron chi connectivity index (χ2n) is 5.56. The van der Waals surface area contributed by atoms with E-state index in [1.165, 1.54) is 12.1 Å². The number of carbonyl (C=O) groups is 1. The van der Waals surface area contributed by atoms with Crippen LogP contribution in [0.15, 0.2) is 30.3 Å². The zero-order chi connectivity index (χ0) is 15.0. The van der Waals surface area contributed by atoms with Gasteiger partial charge in [-0.15, -0.1) is 0 Å². The van der Waals surface area contributed by atoms with Gasteiger partial charge in [0.25, 0.3) is 0 Å². The van der Waals surface area contributed by atoms with E-state index >= 15 is 0 Å². The van der Waals surface area contributed by atoms with E-state index in [9.17, 15) is 4.79 Å². The molecule has 0 bridgehead atoms. The van der Waals surface area contributed by atoms with Crippen LogP contribution in [-0.2, 0) is 4.79 Å². The number of nitrogens with zero attached hydrogens (tertiary/aromatic N) is 1. The van der Waals surface area contributed by atoms with Crippen molar-refractivity contribution in [2.45, 2.75) is 45.1 Å². The molecule has 0 heterocycles. The maximum Gasteiger partial charge on any atom is 0.237 e. The third kappa shape index (κ3) is 5.21.